The third-order valence-electron chi connectivity index (χ3n) is 5.52. The molecule has 1 aliphatic heterocycles. The zero-order valence-corrected chi connectivity index (χ0v) is 20.5. The zero-order valence-electron chi connectivity index (χ0n) is 20.5. The van der Waals surface area contributed by atoms with E-state index in [9.17, 15) is 9.59 Å². The lowest BCUT2D eigenvalue weighted by Crippen LogP contribution is -2.37. The molecule has 0 aliphatic carbocycles. The number of fused-ring (bicyclic) bond motifs is 1. The standard InChI is InChI=1S/C23H30N2O4.C3H6O2/c1-4-17-13-19(18-14-21(27-2)22(28-3)15-20(18)24-17)25-23(26)29-12-8-11-16-9-6-5-7-10-16;1-2-5-3-4/h5-7,9-10,14-15,17,19,24H,4,8,11-13H2,1-3H3,(H,25,26);3H,2H2,1H3/t17-,19-;/m0./s1. The number of ether oxygens (including phenoxy) is 4. The number of methoxy groups -OCH3 is 2. The molecule has 0 spiro atoms. The van der Waals surface area contributed by atoms with Gasteiger partial charge in [-0.05, 0) is 44.2 Å². The Hall–Kier alpha value is -3.42. The van der Waals surface area contributed by atoms with E-state index < -0.39 is 0 Å². The van der Waals surface area contributed by atoms with Crippen LogP contribution in [0.25, 0.3) is 0 Å². The molecule has 0 saturated carbocycles. The van der Waals surface area contributed by atoms with E-state index in [1.807, 2.05) is 30.3 Å². The summed E-state index contributed by atoms with van der Waals surface area (Å²) in [6.07, 6.45) is 3.04. The summed E-state index contributed by atoms with van der Waals surface area (Å²) in [4.78, 5) is 21.6. The molecule has 34 heavy (non-hydrogen) atoms. The van der Waals surface area contributed by atoms with Crippen LogP contribution in [0.5, 0.6) is 11.5 Å². The normalized spacial score (nSPS) is 16.0. The summed E-state index contributed by atoms with van der Waals surface area (Å²) in [7, 11) is 3.23. The van der Waals surface area contributed by atoms with Crippen LogP contribution in [0.4, 0.5) is 10.5 Å². The molecule has 1 amide bonds. The molecule has 0 unspecified atom stereocenters. The van der Waals surface area contributed by atoms with Crippen LogP contribution in [-0.2, 0) is 20.7 Å². The molecule has 2 N–H and O–H groups in total. The van der Waals surface area contributed by atoms with Crippen molar-refractivity contribution in [2.75, 3.05) is 32.8 Å². The number of carbonyl (C=O) groups excluding carboxylic acids is 2. The van der Waals surface area contributed by atoms with E-state index in [0.29, 0.717) is 31.2 Å². The van der Waals surface area contributed by atoms with Crippen molar-refractivity contribution < 1.29 is 28.5 Å². The summed E-state index contributed by atoms with van der Waals surface area (Å²) in [5.74, 6) is 1.31. The zero-order chi connectivity index (χ0) is 24.8. The first-order valence-corrected chi connectivity index (χ1v) is 11.6. The predicted octanol–water partition coefficient (Wildman–Crippen LogP) is 4.88. The smallest absolute Gasteiger partial charge is 0.407 e. The average Bonchev–Trinajstić information content (AvgIpc) is 2.87. The number of rotatable bonds is 10. The first-order valence-electron chi connectivity index (χ1n) is 11.6. The maximum Gasteiger partial charge on any atom is 0.407 e. The van der Waals surface area contributed by atoms with Crippen LogP contribution in [0.3, 0.4) is 0 Å². The second-order valence-corrected chi connectivity index (χ2v) is 7.75. The summed E-state index contributed by atoms with van der Waals surface area (Å²) >= 11 is 0. The Labute approximate surface area is 201 Å². The first kappa shape index (κ1) is 26.8. The van der Waals surface area contributed by atoms with Gasteiger partial charge in [0, 0.05) is 23.4 Å². The molecular formula is C26H36N2O6. The van der Waals surface area contributed by atoms with Crippen molar-refractivity contribution in [2.24, 2.45) is 0 Å². The van der Waals surface area contributed by atoms with Crippen LogP contribution in [0.2, 0.25) is 0 Å². The number of anilines is 1. The highest BCUT2D eigenvalue weighted by molar-refractivity contribution is 5.70. The summed E-state index contributed by atoms with van der Waals surface area (Å²) < 4.78 is 20.4. The molecule has 2 aromatic rings. The van der Waals surface area contributed by atoms with Gasteiger partial charge in [-0.15, -0.1) is 0 Å². The van der Waals surface area contributed by atoms with Gasteiger partial charge in [0.05, 0.1) is 33.5 Å². The predicted molar refractivity (Wildman–Crippen MR) is 132 cm³/mol. The molecule has 0 saturated heterocycles. The van der Waals surface area contributed by atoms with E-state index in [4.69, 9.17) is 14.2 Å². The maximum atomic E-state index is 12.4. The number of amides is 1. The molecule has 8 nitrogen and oxygen atoms in total. The SMILES string of the molecule is CCOC=O.CC[C@H]1C[C@H](NC(=O)OCCCc2ccccc2)c2cc(OC)c(OC)cc2N1. The lowest BCUT2D eigenvalue weighted by atomic mass is 9.91. The quantitative estimate of drug-likeness (QED) is 0.376. The van der Waals surface area contributed by atoms with E-state index in [1.54, 1.807) is 21.1 Å². The molecule has 1 heterocycles. The Morgan fingerprint density at radius 1 is 1.12 bits per heavy atom. The summed E-state index contributed by atoms with van der Waals surface area (Å²) in [6, 6.07) is 14.2. The Morgan fingerprint density at radius 2 is 1.82 bits per heavy atom. The van der Waals surface area contributed by atoms with Gasteiger partial charge >= 0.3 is 6.09 Å². The van der Waals surface area contributed by atoms with E-state index in [0.717, 1.165) is 36.9 Å². The number of aryl methyl sites for hydroxylation is 1. The number of nitrogens with one attached hydrogen (secondary N) is 2. The third kappa shape index (κ3) is 8.17. The molecule has 0 bridgehead atoms. The van der Waals surface area contributed by atoms with Gasteiger partial charge in [-0.2, -0.15) is 0 Å². The number of hydrogen-bond donors (Lipinski definition) is 2. The highest BCUT2D eigenvalue weighted by Crippen LogP contribution is 2.41. The van der Waals surface area contributed by atoms with Gasteiger partial charge < -0.3 is 29.6 Å². The van der Waals surface area contributed by atoms with E-state index in [1.165, 1.54) is 5.56 Å². The Morgan fingerprint density at radius 3 is 2.41 bits per heavy atom. The summed E-state index contributed by atoms with van der Waals surface area (Å²) in [5.41, 5.74) is 3.18. The molecule has 186 valence electrons. The monoisotopic (exact) mass is 472 g/mol. The fraction of sp³-hybridized carbons (Fsp3) is 0.462. The third-order valence-corrected chi connectivity index (χ3v) is 5.52. The van der Waals surface area contributed by atoms with E-state index >= 15 is 0 Å². The van der Waals surface area contributed by atoms with Gasteiger partial charge in [0.2, 0.25) is 0 Å². The molecule has 2 aromatic carbocycles. The van der Waals surface area contributed by atoms with Crippen molar-refractivity contribution in [2.45, 2.75) is 51.6 Å². The Balaban J connectivity index is 0.000000739. The van der Waals surface area contributed by atoms with E-state index in [2.05, 4.69) is 34.4 Å². The van der Waals surface area contributed by atoms with Crippen LogP contribution in [0.1, 0.15) is 50.3 Å². The number of alkyl carbamates (subject to hydrolysis) is 1. The minimum Gasteiger partial charge on any atom is -0.493 e. The number of hydrogen-bond acceptors (Lipinski definition) is 7. The molecule has 0 fully saturated rings. The lowest BCUT2D eigenvalue weighted by molar-refractivity contribution is -0.128. The van der Waals surface area contributed by atoms with Crippen molar-refractivity contribution in [1.29, 1.82) is 0 Å². The molecule has 1 aliphatic rings. The topological polar surface area (TPSA) is 95.1 Å². The fourth-order valence-electron chi connectivity index (χ4n) is 3.74. The van der Waals surface area contributed by atoms with Crippen LogP contribution in [0, 0.1) is 0 Å². The van der Waals surface area contributed by atoms with Gasteiger partial charge in [-0.1, -0.05) is 37.3 Å². The van der Waals surface area contributed by atoms with Crippen molar-refractivity contribution >= 4 is 18.3 Å². The molecule has 0 aromatic heterocycles. The Kier molecular flexibility index (Phi) is 11.6. The molecular weight excluding hydrogens is 436 g/mol. The second-order valence-electron chi connectivity index (χ2n) is 7.75. The van der Waals surface area contributed by atoms with Crippen molar-refractivity contribution in [3.8, 4) is 11.5 Å². The van der Waals surface area contributed by atoms with E-state index in [-0.39, 0.29) is 18.2 Å². The second kappa shape index (κ2) is 14.7. The summed E-state index contributed by atoms with van der Waals surface area (Å²) in [5, 5.41) is 6.55. The molecule has 2 atom stereocenters. The minimum atomic E-state index is -0.388. The van der Waals surface area contributed by atoms with Gasteiger partial charge in [-0.25, -0.2) is 4.79 Å². The molecule has 0 radical (unpaired) electrons. The van der Waals surface area contributed by atoms with Gasteiger partial charge in [0.15, 0.2) is 11.5 Å². The summed E-state index contributed by atoms with van der Waals surface area (Å²) in [6.45, 7) is 5.18. The van der Waals surface area contributed by atoms with Gasteiger partial charge in [-0.3, -0.25) is 4.79 Å². The molecule has 8 heteroatoms. The van der Waals surface area contributed by atoms with Crippen molar-refractivity contribution in [3.63, 3.8) is 0 Å². The highest BCUT2D eigenvalue weighted by Gasteiger charge is 2.29. The average molecular weight is 473 g/mol. The van der Waals surface area contributed by atoms with Crippen LogP contribution < -0.4 is 20.1 Å². The fourth-order valence-corrected chi connectivity index (χ4v) is 3.74. The maximum absolute atomic E-state index is 12.4. The highest BCUT2D eigenvalue weighted by atomic mass is 16.5. The number of benzene rings is 2. The van der Waals surface area contributed by atoms with Crippen LogP contribution >= 0.6 is 0 Å². The van der Waals surface area contributed by atoms with Crippen molar-refractivity contribution in [1.82, 2.24) is 5.32 Å². The number of carbonyl (C=O) groups is 2. The van der Waals surface area contributed by atoms with Crippen LogP contribution in [-0.4, -0.2) is 46.0 Å². The van der Waals surface area contributed by atoms with Gasteiger partial charge in [0.25, 0.3) is 6.47 Å². The lowest BCUT2D eigenvalue weighted by Gasteiger charge is -2.33. The van der Waals surface area contributed by atoms with Crippen molar-refractivity contribution in [3.05, 3.63) is 53.6 Å². The minimum absolute atomic E-state index is 0.141. The van der Waals surface area contributed by atoms with Gasteiger partial charge in [0.1, 0.15) is 0 Å². The first-order chi connectivity index (χ1) is 16.6. The van der Waals surface area contributed by atoms with Crippen LogP contribution in [0.15, 0.2) is 42.5 Å². The largest absolute Gasteiger partial charge is 0.493 e. The Bertz CT molecular complexity index is 890. The molecule has 3 rings (SSSR count).